The molecule has 0 aliphatic heterocycles. The van der Waals surface area contributed by atoms with Gasteiger partial charge < -0.3 is 9.64 Å². The van der Waals surface area contributed by atoms with Gasteiger partial charge >= 0.3 is 6.09 Å². The Morgan fingerprint density at radius 3 is 2.48 bits per heavy atom. The van der Waals surface area contributed by atoms with Gasteiger partial charge in [0.05, 0.1) is 13.2 Å². The summed E-state index contributed by atoms with van der Waals surface area (Å²) in [7, 11) is 3.73. The van der Waals surface area contributed by atoms with Crippen LogP contribution >= 0.6 is 0 Å². The Labute approximate surface area is 126 Å². The first-order valence-electron chi connectivity index (χ1n) is 6.72. The molecule has 21 heavy (non-hydrogen) atoms. The topological polar surface area (TPSA) is 45.9 Å². The van der Waals surface area contributed by atoms with Gasteiger partial charge in [-0.25, -0.2) is 9.64 Å². The van der Waals surface area contributed by atoms with Crippen LogP contribution in [-0.2, 0) is 4.74 Å². The molecule has 1 aromatic rings. The van der Waals surface area contributed by atoms with Crippen LogP contribution in [-0.4, -0.2) is 31.7 Å². The minimum Gasteiger partial charge on any atom is -0.449 e. The van der Waals surface area contributed by atoms with Crippen molar-refractivity contribution in [3.05, 3.63) is 47.4 Å². The maximum atomic E-state index is 11.5. The molecule has 0 unspecified atom stereocenters. The lowest BCUT2D eigenvalue weighted by molar-refractivity contribution is 0.147. The van der Waals surface area contributed by atoms with Gasteiger partial charge in [0.25, 0.3) is 0 Å². The van der Waals surface area contributed by atoms with Gasteiger partial charge in [-0.3, -0.25) is 5.32 Å². The standard InChI is InChI=1S/C16H21N3O2/c1-12(2)11-21-16(20)18-14-8-6-13(7-9-14)15(17-3)10-19(4)5/h6-10,12H,11H2,1-2,4-5H3,(H,18,20)/b15-10-. The zero-order chi connectivity index (χ0) is 15.8. The molecule has 0 aliphatic carbocycles. The summed E-state index contributed by atoms with van der Waals surface area (Å²) in [6.45, 7) is 11.5. The van der Waals surface area contributed by atoms with E-state index in [1.54, 1.807) is 30.5 Å². The lowest BCUT2D eigenvalue weighted by Crippen LogP contribution is -2.16. The number of nitrogens with one attached hydrogen (secondary N) is 1. The van der Waals surface area contributed by atoms with Crippen molar-refractivity contribution in [3.8, 4) is 0 Å². The minimum absolute atomic E-state index is 0.301. The highest BCUT2D eigenvalue weighted by Crippen LogP contribution is 2.19. The Bertz CT molecular complexity index is 540. The van der Waals surface area contributed by atoms with E-state index in [4.69, 9.17) is 11.3 Å². The maximum Gasteiger partial charge on any atom is 0.411 e. The zero-order valence-electron chi connectivity index (χ0n) is 12.9. The fourth-order valence-corrected chi connectivity index (χ4v) is 1.53. The highest BCUT2D eigenvalue weighted by Gasteiger charge is 2.06. The molecule has 0 atom stereocenters. The Hall–Kier alpha value is -2.48. The number of rotatable bonds is 5. The summed E-state index contributed by atoms with van der Waals surface area (Å²) in [5.41, 5.74) is 2.00. The fraction of sp³-hybridized carbons (Fsp3) is 0.375. The van der Waals surface area contributed by atoms with Gasteiger partial charge in [0, 0.05) is 26.0 Å². The first-order chi connectivity index (χ1) is 9.92. The van der Waals surface area contributed by atoms with E-state index in [2.05, 4.69) is 10.2 Å². The molecule has 0 fully saturated rings. The largest absolute Gasteiger partial charge is 0.449 e. The summed E-state index contributed by atoms with van der Waals surface area (Å²) >= 11 is 0. The molecular weight excluding hydrogens is 266 g/mol. The monoisotopic (exact) mass is 287 g/mol. The molecule has 1 N–H and O–H groups in total. The van der Waals surface area contributed by atoms with Crippen LogP contribution in [0, 0.1) is 12.5 Å². The summed E-state index contributed by atoms with van der Waals surface area (Å²) in [5.74, 6) is 0.301. The average molecular weight is 287 g/mol. The normalized spacial score (nSPS) is 11.0. The highest BCUT2D eigenvalue weighted by molar-refractivity contribution is 5.85. The molecule has 1 rings (SSSR count). The maximum absolute atomic E-state index is 11.5. The van der Waals surface area contributed by atoms with Crippen molar-refractivity contribution >= 4 is 17.5 Å². The van der Waals surface area contributed by atoms with Gasteiger partial charge in [-0.2, -0.15) is 0 Å². The first kappa shape index (κ1) is 16.6. The lowest BCUT2D eigenvalue weighted by atomic mass is 10.1. The van der Waals surface area contributed by atoms with Crippen molar-refractivity contribution in [1.29, 1.82) is 0 Å². The van der Waals surface area contributed by atoms with Crippen molar-refractivity contribution in [2.24, 2.45) is 5.92 Å². The number of benzene rings is 1. The van der Waals surface area contributed by atoms with Crippen molar-refractivity contribution < 1.29 is 9.53 Å². The van der Waals surface area contributed by atoms with Crippen LogP contribution in [0.5, 0.6) is 0 Å². The zero-order valence-corrected chi connectivity index (χ0v) is 12.9. The Balaban J connectivity index is 2.70. The predicted molar refractivity (Wildman–Crippen MR) is 84.5 cm³/mol. The third-order valence-corrected chi connectivity index (χ3v) is 2.48. The van der Waals surface area contributed by atoms with E-state index in [1.165, 1.54) is 0 Å². The smallest absolute Gasteiger partial charge is 0.411 e. The molecule has 0 saturated heterocycles. The van der Waals surface area contributed by atoms with Gasteiger partial charge in [-0.15, -0.1) is 0 Å². The van der Waals surface area contributed by atoms with Gasteiger partial charge in [0.15, 0.2) is 0 Å². The molecule has 0 aliphatic rings. The lowest BCUT2D eigenvalue weighted by Gasteiger charge is -2.10. The van der Waals surface area contributed by atoms with Crippen LogP contribution in [0.15, 0.2) is 30.5 Å². The number of anilines is 1. The number of carbonyl (C=O) groups is 1. The van der Waals surface area contributed by atoms with Crippen LogP contribution in [0.4, 0.5) is 10.5 Å². The molecule has 0 spiro atoms. The van der Waals surface area contributed by atoms with Gasteiger partial charge in [0.1, 0.15) is 0 Å². The fourth-order valence-electron chi connectivity index (χ4n) is 1.53. The second-order valence-electron chi connectivity index (χ2n) is 5.28. The van der Waals surface area contributed by atoms with Gasteiger partial charge in [0.2, 0.25) is 5.70 Å². The van der Waals surface area contributed by atoms with Gasteiger partial charge in [-0.1, -0.05) is 26.0 Å². The summed E-state index contributed by atoms with van der Waals surface area (Å²) in [4.78, 5) is 16.9. The number of hydrogen-bond acceptors (Lipinski definition) is 3. The van der Waals surface area contributed by atoms with E-state index >= 15 is 0 Å². The van der Waals surface area contributed by atoms with Gasteiger partial charge in [-0.05, 0) is 23.6 Å². The highest BCUT2D eigenvalue weighted by atomic mass is 16.5. The summed E-state index contributed by atoms with van der Waals surface area (Å²) < 4.78 is 5.04. The Morgan fingerprint density at radius 2 is 2.00 bits per heavy atom. The van der Waals surface area contributed by atoms with Crippen molar-refractivity contribution in [2.45, 2.75) is 13.8 Å². The van der Waals surface area contributed by atoms with Crippen LogP contribution in [0.3, 0.4) is 0 Å². The van der Waals surface area contributed by atoms with Crippen LogP contribution < -0.4 is 5.32 Å². The number of carbonyl (C=O) groups excluding carboxylic acids is 1. The Kier molecular flexibility index (Phi) is 6.28. The summed E-state index contributed by atoms with van der Waals surface area (Å²) in [6.07, 6.45) is 1.29. The summed E-state index contributed by atoms with van der Waals surface area (Å²) in [6, 6.07) is 7.10. The second-order valence-corrected chi connectivity index (χ2v) is 5.28. The summed E-state index contributed by atoms with van der Waals surface area (Å²) in [5, 5.41) is 2.65. The van der Waals surface area contributed by atoms with Crippen LogP contribution in [0.1, 0.15) is 19.4 Å². The molecule has 0 heterocycles. The molecule has 0 radical (unpaired) electrons. The van der Waals surface area contributed by atoms with Crippen LogP contribution in [0.25, 0.3) is 10.5 Å². The second kappa shape index (κ2) is 7.95. The van der Waals surface area contributed by atoms with E-state index in [0.29, 0.717) is 23.9 Å². The third-order valence-electron chi connectivity index (χ3n) is 2.48. The first-order valence-corrected chi connectivity index (χ1v) is 6.72. The number of amides is 1. The SMILES string of the molecule is [C-]#[N+]/C(=C\N(C)C)c1ccc(NC(=O)OCC(C)C)cc1. The minimum atomic E-state index is -0.467. The molecule has 0 aromatic heterocycles. The molecule has 0 bridgehead atoms. The van der Waals surface area contributed by atoms with Crippen LogP contribution in [0.2, 0.25) is 0 Å². The molecule has 0 saturated carbocycles. The average Bonchev–Trinajstić information content (AvgIpc) is 2.43. The Morgan fingerprint density at radius 1 is 1.38 bits per heavy atom. The predicted octanol–water partition coefficient (Wildman–Crippen LogP) is 3.67. The quantitative estimate of drug-likeness (QED) is 0.840. The van der Waals surface area contributed by atoms with E-state index < -0.39 is 6.09 Å². The number of ether oxygens (including phenoxy) is 1. The van der Waals surface area contributed by atoms with E-state index in [0.717, 1.165) is 5.56 Å². The molecule has 1 aromatic carbocycles. The molecule has 5 heteroatoms. The van der Waals surface area contributed by atoms with Crippen molar-refractivity contribution in [2.75, 3.05) is 26.0 Å². The third kappa shape index (κ3) is 6.00. The van der Waals surface area contributed by atoms with E-state index in [9.17, 15) is 4.79 Å². The number of nitrogens with zero attached hydrogens (tertiary/aromatic N) is 2. The van der Waals surface area contributed by atoms with E-state index in [1.807, 2.05) is 32.8 Å². The van der Waals surface area contributed by atoms with E-state index in [-0.39, 0.29) is 0 Å². The van der Waals surface area contributed by atoms with Crippen molar-refractivity contribution in [1.82, 2.24) is 4.90 Å². The molecule has 112 valence electrons. The number of hydrogen-bond donors (Lipinski definition) is 1. The van der Waals surface area contributed by atoms with Crippen molar-refractivity contribution in [3.63, 3.8) is 0 Å². The molecule has 5 nitrogen and oxygen atoms in total. The molecular formula is C16H21N3O2. The molecule has 1 amide bonds.